The number of thiol groups is 1. The van der Waals surface area contributed by atoms with E-state index in [1.165, 1.54) is 4.90 Å². The monoisotopic (exact) mass is 257 g/mol. The Balaban J connectivity index is 4.40. The lowest BCUT2D eigenvalue weighted by atomic mass is 9.81. The molecular weight excluding hydrogens is 235 g/mol. The molecule has 0 aromatic rings. The Morgan fingerprint density at radius 3 is 1.94 bits per heavy atom. The second kappa shape index (κ2) is 6.15. The number of hydrogen-bond acceptors (Lipinski definition) is 2. The Hall–Kier alpha value is 0.100. The topological polar surface area (TPSA) is 3.24 Å². The van der Waals surface area contributed by atoms with E-state index in [0.29, 0.717) is 18.8 Å². The van der Waals surface area contributed by atoms with E-state index in [1.54, 1.807) is 6.92 Å². The van der Waals surface area contributed by atoms with Crippen LogP contribution >= 0.6 is 12.6 Å². The fourth-order valence-corrected chi connectivity index (χ4v) is 2.14. The molecule has 1 unspecified atom stereocenters. The lowest BCUT2D eigenvalue weighted by Gasteiger charge is -2.34. The molecule has 0 rings (SSSR count). The van der Waals surface area contributed by atoms with Crippen molar-refractivity contribution in [3.05, 3.63) is 0 Å². The molecule has 0 saturated heterocycles. The summed E-state index contributed by atoms with van der Waals surface area (Å²) in [5, 5.41) is 0. The Bertz CT molecular complexity index is 198. The summed E-state index contributed by atoms with van der Waals surface area (Å²) >= 11 is 4.23. The van der Waals surface area contributed by atoms with Gasteiger partial charge in [-0.2, -0.15) is 25.8 Å². The van der Waals surface area contributed by atoms with Crippen molar-refractivity contribution in [2.75, 3.05) is 25.4 Å². The van der Waals surface area contributed by atoms with Gasteiger partial charge in [-0.3, -0.25) is 4.90 Å². The van der Waals surface area contributed by atoms with Crippen molar-refractivity contribution in [1.82, 2.24) is 4.90 Å². The number of nitrogens with zero attached hydrogens (tertiary/aromatic N) is 1. The highest BCUT2D eigenvalue weighted by molar-refractivity contribution is 7.80. The van der Waals surface area contributed by atoms with Gasteiger partial charge in [0.2, 0.25) is 0 Å². The molecule has 98 valence electrons. The molecule has 1 atom stereocenters. The molecule has 0 aliphatic rings. The van der Waals surface area contributed by atoms with Gasteiger partial charge in [0.25, 0.3) is 0 Å². The first-order chi connectivity index (χ1) is 7.10. The summed E-state index contributed by atoms with van der Waals surface area (Å²) in [5.74, 6) is 0.774. The highest BCUT2D eigenvalue weighted by atomic mass is 32.1. The molecule has 0 fully saturated rings. The van der Waals surface area contributed by atoms with Crippen molar-refractivity contribution in [3.8, 4) is 0 Å². The normalized spacial score (nSPS) is 15.6. The van der Waals surface area contributed by atoms with Crippen molar-refractivity contribution in [2.24, 2.45) is 11.3 Å². The highest BCUT2D eigenvalue weighted by Crippen LogP contribution is 2.28. The zero-order valence-electron chi connectivity index (χ0n) is 10.4. The smallest absolute Gasteiger partial charge is 0.295 e. The van der Waals surface area contributed by atoms with Crippen LogP contribution in [0.5, 0.6) is 0 Å². The Morgan fingerprint density at radius 2 is 1.69 bits per heavy atom. The Labute approximate surface area is 102 Å². The van der Waals surface area contributed by atoms with Crippen LogP contribution in [0.4, 0.5) is 13.2 Å². The van der Waals surface area contributed by atoms with Gasteiger partial charge < -0.3 is 0 Å². The Kier molecular flexibility index (Phi) is 6.18. The van der Waals surface area contributed by atoms with Crippen LogP contribution in [0.15, 0.2) is 0 Å². The molecule has 0 saturated carbocycles. The molecule has 0 N–H and O–H groups in total. The van der Waals surface area contributed by atoms with Gasteiger partial charge in [0.15, 0.2) is 0 Å². The van der Waals surface area contributed by atoms with Crippen LogP contribution in [0.1, 0.15) is 27.7 Å². The van der Waals surface area contributed by atoms with Gasteiger partial charge in [-0.25, -0.2) is 0 Å². The van der Waals surface area contributed by atoms with Gasteiger partial charge in [0.05, 0.1) is 6.54 Å². The highest BCUT2D eigenvalue weighted by Gasteiger charge is 2.32. The molecule has 0 spiro atoms. The van der Waals surface area contributed by atoms with E-state index >= 15 is 0 Å². The van der Waals surface area contributed by atoms with E-state index in [2.05, 4.69) is 12.6 Å². The fourth-order valence-electron chi connectivity index (χ4n) is 1.48. The predicted molar refractivity (Wildman–Crippen MR) is 65.0 cm³/mol. The Morgan fingerprint density at radius 1 is 1.19 bits per heavy atom. The van der Waals surface area contributed by atoms with E-state index in [4.69, 9.17) is 0 Å². The SMILES string of the molecule is CCN(CC(CS)C(C)(C)C)CC(F)(F)F. The van der Waals surface area contributed by atoms with Crippen LogP contribution in [-0.2, 0) is 0 Å². The van der Waals surface area contributed by atoms with Crippen molar-refractivity contribution >= 4 is 12.6 Å². The average Bonchev–Trinajstić information content (AvgIpc) is 2.07. The van der Waals surface area contributed by atoms with Crippen LogP contribution < -0.4 is 0 Å². The molecule has 0 aliphatic carbocycles. The molecule has 0 aromatic carbocycles. The maximum absolute atomic E-state index is 12.3. The van der Waals surface area contributed by atoms with E-state index < -0.39 is 12.7 Å². The van der Waals surface area contributed by atoms with Gasteiger partial charge in [-0.15, -0.1) is 0 Å². The second-order valence-electron chi connectivity index (χ2n) is 5.19. The van der Waals surface area contributed by atoms with Crippen LogP contribution in [0.2, 0.25) is 0 Å². The summed E-state index contributed by atoms with van der Waals surface area (Å²) in [5.41, 5.74) is -0.0131. The van der Waals surface area contributed by atoms with E-state index in [9.17, 15) is 13.2 Å². The lowest BCUT2D eigenvalue weighted by molar-refractivity contribution is -0.147. The van der Waals surface area contributed by atoms with Crippen LogP contribution in [0.25, 0.3) is 0 Å². The summed E-state index contributed by atoms with van der Waals surface area (Å²) < 4.78 is 36.8. The van der Waals surface area contributed by atoms with Crippen molar-refractivity contribution in [2.45, 2.75) is 33.9 Å². The molecular formula is C11H22F3NS. The zero-order valence-corrected chi connectivity index (χ0v) is 11.3. The number of alkyl halides is 3. The third-order valence-electron chi connectivity index (χ3n) is 2.77. The van der Waals surface area contributed by atoms with Gasteiger partial charge >= 0.3 is 6.18 Å². The fraction of sp³-hybridized carbons (Fsp3) is 1.00. The van der Waals surface area contributed by atoms with Crippen molar-refractivity contribution in [3.63, 3.8) is 0 Å². The van der Waals surface area contributed by atoms with Gasteiger partial charge in [-0.1, -0.05) is 27.7 Å². The minimum Gasteiger partial charge on any atom is -0.295 e. The molecule has 1 nitrogen and oxygen atoms in total. The van der Waals surface area contributed by atoms with Crippen LogP contribution in [0, 0.1) is 11.3 Å². The quantitative estimate of drug-likeness (QED) is 0.738. The predicted octanol–water partition coefficient (Wildman–Crippen LogP) is 3.46. The lowest BCUT2D eigenvalue weighted by Crippen LogP contribution is -2.41. The molecule has 0 bridgehead atoms. The average molecular weight is 257 g/mol. The molecule has 0 aliphatic heterocycles. The van der Waals surface area contributed by atoms with E-state index in [-0.39, 0.29) is 11.3 Å². The summed E-state index contributed by atoms with van der Waals surface area (Å²) in [6.07, 6.45) is -4.12. The van der Waals surface area contributed by atoms with E-state index in [0.717, 1.165) is 0 Å². The molecule has 0 aromatic heterocycles. The minimum atomic E-state index is -4.12. The number of halogens is 3. The third-order valence-corrected chi connectivity index (χ3v) is 3.21. The zero-order chi connectivity index (χ0) is 13.0. The number of hydrogen-bond donors (Lipinski definition) is 1. The maximum Gasteiger partial charge on any atom is 0.401 e. The first kappa shape index (κ1) is 16.1. The summed E-state index contributed by atoms with van der Waals surface area (Å²) in [6.45, 7) is 7.90. The maximum atomic E-state index is 12.3. The van der Waals surface area contributed by atoms with Crippen LogP contribution in [0.3, 0.4) is 0 Å². The second-order valence-corrected chi connectivity index (χ2v) is 5.55. The molecule has 0 amide bonds. The van der Waals surface area contributed by atoms with Gasteiger partial charge in [-0.05, 0) is 23.6 Å². The summed E-state index contributed by atoms with van der Waals surface area (Å²) in [4.78, 5) is 1.44. The van der Waals surface area contributed by atoms with Gasteiger partial charge in [0.1, 0.15) is 0 Å². The van der Waals surface area contributed by atoms with Crippen molar-refractivity contribution < 1.29 is 13.2 Å². The molecule has 0 radical (unpaired) electrons. The van der Waals surface area contributed by atoms with Crippen molar-refractivity contribution in [1.29, 1.82) is 0 Å². The summed E-state index contributed by atoms with van der Waals surface area (Å²) in [6, 6.07) is 0. The first-order valence-electron chi connectivity index (χ1n) is 5.50. The summed E-state index contributed by atoms with van der Waals surface area (Å²) in [7, 11) is 0. The molecule has 0 heterocycles. The van der Waals surface area contributed by atoms with Gasteiger partial charge in [0, 0.05) is 6.54 Å². The molecule has 16 heavy (non-hydrogen) atoms. The standard InChI is InChI=1S/C11H22F3NS/c1-5-15(8-11(12,13)14)6-9(7-16)10(2,3)4/h9,16H,5-8H2,1-4H3. The minimum absolute atomic E-state index is 0.0131. The molecule has 5 heteroatoms. The largest absolute Gasteiger partial charge is 0.401 e. The number of rotatable bonds is 5. The first-order valence-corrected chi connectivity index (χ1v) is 6.13. The van der Waals surface area contributed by atoms with E-state index in [1.807, 2.05) is 20.8 Å². The van der Waals surface area contributed by atoms with Crippen LogP contribution in [-0.4, -0.2) is 36.5 Å². The third kappa shape index (κ3) is 6.63.